The van der Waals surface area contributed by atoms with Gasteiger partial charge in [0.05, 0.1) is 5.75 Å². The number of carbonyl (C=O) groups excluding carboxylic acids is 3. The topological polar surface area (TPSA) is 75.3 Å². The van der Waals surface area contributed by atoms with Crippen molar-refractivity contribution in [2.45, 2.75) is 4.90 Å². The number of ketones is 1. The van der Waals surface area contributed by atoms with Gasteiger partial charge in [0.1, 0.15) is 17.3 Å². The normalized spacial score (nSPS) is 11.1. The number of Topliss-reactive ketones (excluding diaryl/α,β-unsaturated/α-hetero) is 1. The van der Waals surface area contributed by atoms with Crippen molar-refractivity contribution in [2.24, 2.45) is 0 Å². The number of halogens is 2. The van der Waals surface area contributed by atoms with Gasteiger partial charge in [-0.3, -0.25) is 14.4 Å². The Bertz CT molecular complexity index is 1490. The molecule has 0 atom stereocenters. The average molecular weight is 529 g/mol. The summed E-state index contributed by atoms with van der Waals surface area (Å²) in [5.74, 6) is -2.18. The monoisotopic (exact) mass is 528 g/mol. The molecule has 0 unspecified atom stereocenters. The second kappa shape index (κ2) is 12.6. The zero-order valence-corrected chi connectivity index (χ0v) is 20.8. The molecule has 0 aliphatic heterocycles. The summed E-state index contributed by atoms with van der Waals surface area (Å²) in [6.07, 6.45) is 1.27. The van der Waals surface area contributed by atoms with Gasteiger partial charge in [-0.05, 0) is 66.7 Å². The molecule has 0 aliphatic rings. The molecule has 190 valence electrons. The van der Waals surface area contributed by atoms with E-state index in [1.165, 1.54) is 60.3 Å². The van der Waals surface area contributed by atoms with Gasteiger partial charge in [0.25, 0.3) is 11.8 Å². The van der Waals surface area contributed by atoms with E-state index in [0.29, 0.717) is 21.7 Å². The molecule has 2 amide bonds. The van der Waals surface area contributed by atoms with Crippen molar-refractivity contribution >= 4 is 41.1 Å². The van der Waals surface area contributed by atoms with Crippen molar-refractivity contribution < 1.29 is 23.2 Å². The fourth-order valence-corrected chi connectivity index (χ4v) is 4.27. The molecule has 4 aromatic carbocycles. The SMILES string of the molecule is O=C(Nc1cccc(SCC(=O)c2ccc(F)cc2)c1)/C(=C/c1ccccc1F)NC(=O)c1ccccc1. The number of thioether (sulfide) groups is 1. The Morgan fingerprint density at radius 1 is 0.763 bits per heavy atom. The molecule has 5 nitrogen and oxygen atoms in total. The quantitative estimate of drug-likeness (QED) is 0.151. The van der Waals surface area contributed by atoms with Crippen LogP contribution >= 0.6 is 11.8 Å². The van der Waals surface area contributed by atoms with Crippen molar-refractivity contribution in [1.29, 1.82) is 0 Å². The Labute approximate surface area is 222 Å². The largest absolute Gasteiger partial charge is 0.321 e. The third-order valence-corrected chi connectivity index (χ3v) is 6.36. The van der Waals surface area contributed by atoms with Gasteiger partial charge in [-0.25, -0.2) is 8.78 Å². The fraction of sp³-hybridized carbons (Fsp3) is 0.0333. The molecule has 2 N–H and O–H groups in total. The van der Waals surface area contributed by atoms with E-state index in [-0.39, 0.29) is 22.8 Å². The molecule has 0 fully saturated rings. The Kier molecular flexibility index (Phi) is 8.79. The van der Waals surface area contributed by atoms with Crippen molar-refractivity contribution in [1.82, 2.24) is 5.32 Å². The maximum atomic E-state index is 14.3. The van der Waals surface area contributed by atoms with Crippen LogP contribution in [0.1, 0.15) is 26.3 Å². The van der Waals surface area contributed by atoms with Crippen LogP contribution < -0.4 is 10.6 Å². The molecule has 0 saturated carbocycles. The van der Waals surface area contributed by atoms with Gasteiger partial charge in [-0.15, -0.1) is 11.8 Å². The first kappa shape index (κ1) is 26.5. The van der Waals surface area contributed by atoms with Crippen molar-refractivity contribution in [2.75, 3.05) is 11.1 Å². The summed E-state index contributed by atoms with van der Waals surface area (Å²) in [4.78, 5) is 39.0. The van der Waals surface area contributed by atoms with Crippen molar-refractivity contribution in [3.8, 4) is 0 Å². The van der Waals surface area contributed by atoms with Crippen LogP contribution in [0.25, 0.3) is 6.08 Å². The highest BCUT2D eigenvalue weighted by Gasteiger charge is 2.16. The van der Waals surface area contributed by atoms with Crippen LogP contribution in [-0.2, 0) is 4.79 Å². The summed E-state index contributed by atoms with van der Waals surface area (Å²) in [5, 5.41) is 5.29. The molecule has 8 heteroatoms. The molecule has 0 heterocycles. The van der Waals surface area contributed by atoms with Gasteiger partial charge in [0.2, 0.25) is 0 Å². The number of nitrogens with one attached hydrogen (secondary N) is 2. The number of hydrogen-bond donors (Lipinski definition) is 2. The molecule has 4 rings (SSSR count). The Morgan fingerprint density at radius 3 is 2.21 bits per heavy atom. The number of rotatable bonds is 9. The van der Waals surface area contributed by atoms with Crippen molar-refractivity contribution in [3.63, 3.8) is 0 Å². The summed E-state index contributed by atoms with van der Waals surface area (Å²) < 4.78 is 27.4. The van der Waals surface area contributed by atoms with Crippen LogP contribution in [0.5, 0.6) is 0 Å². The van der Waals surface area contributed by atoms with Gasteiger partial charge in [0.15, 0.2) is 5.78 Å². The van der Waals surface area contributed by atoms with E-state index in [1.54, 1.807) is 60.7 Å². The fourth-order valence-electron chi connectivity index (χ4n) is 3.42. The van der Waals surface area contributed by atoms with Gasteiger partial charge in [-0.1, -0.05) is 42.5 Å². The maximum Gasteiger partial charge on any atom is 0.272 e. The first-order chi connectivity index (χ1) is 18.4. The zero-order chi connectivity index (χ0) is 26.9. The molecule has 0 aromatic heterocycles. The Balaban J connectivity index is 1.49. The molecule has 0 saturated heterocycles. The smallest absolute Gasteiger partial charge is 0.272 e. The minimum absolute atomic E-state index is 0.120. The lowest BCUT2D eigenvalue weighted by atomic mass is 10.1. The van der Waals surface area contributed by atoms with Crippen LogP contribution in [0.2, 0.25) is 0 Å². The highest BCUT2D eigenvalue weighted by Crippen LogP contribution is 2.23. The number of hydrogen-bond acceptors (Lipinski definition) is 4. The lowest BCUT2D eigenvalue weighted by Gasteiger charge is -2.12. The Hall–Kier alpha value is -4.56. The van der Waals surface area contributed by atoms with Crippen LogP contribution in [-0.4, -0.2) is 23.4 Å². The van der Waals surface area contributed by atoms with Gasteiger partial charge in [0, 0.05) is 27.3 Å². The van der Waals surface area contributed by atoms with E-state index in [4.69, 9.17) is 0 Å². The number of carbonyl (C=O) groups is 3. The van der Waals surface area contributed by atoms with E-state index in [1.807, 2.05) is 0 Å². The van der Waals surface area contributed by atoms with E-state index in [9.17, 15) is 23.2 Å². The molecule has 0 radical (unpaired) electrons. The summed E-state index contributed by atoms with van der Waals surface area (Å²) >= 11 is 1.26. The Morgan fingerprint density at radius 2 is 1.47 bits per heavy atom. The van der Waals surface area contributed by atoms with Gasteiger partial charge >= 0.3 is 0 Å². The lowest BCUT2D eigenvalue weighted by molar-refractivity contribution is -0.113. The first-order valence-corrected chi connectivity index (χ1v) is 12.5. The summed E-state index contributed by atoms with van der Waals surface area (Å²) in [6.45, 7) is 0. The lowest BCUT2D eigenvalue weighted by Crippen LogP contribution is -2.30. The second-order valence-corrected chi connectivity index (χ2v) is 9.15. The van der Waals surface area contributed by atoms with Crippen LogP contribution in [0.4, 0.5) is 14.5 Å². The molecule has 0 aliphatic carbocycles. The molecule has 0 bridgehead atoms. The second-order valence-electron chi connectivity index (χ2n) is 8.10. The maximum absolute atomic E-state index is 14.3. The van der Waals surface area contributed by atoms with E-state index < -0.39 is 23.4 Å². The summed E-state index contributed by atoms with van der Waals surface area (Å²) in [6, 6.07) is 26.4. The van der Waals surface area contributed by atoms with Gasteiger partial charge in [-0.2, -0.15) is 0 Å². The summed E-state index contributed by atoms with van der Waals surface area (Å²) in [5.41, 5.74) is 1.15. The minimum Gasteiger partial charge on any atom is -0.321 e. The molecular formula is C30H22F2N2O3S. The van der Waals surface area contributed by atoms with E-state index >= 15 is 0 Å². The van der Waals surface area contributed by atoms with E-state index in [2.05, 4.69) is 10.6 Å². The van der Waals surface area contributed by atoms with Crippen LogP contribution in [0.15, 0.2) is 114 Å². The van der Waals surface area contributed by atoms with E-state index in [0.717, 1.165) is 0 Å². The van der Waals surface area contributed by atoms with Crippen LogP contribution in [0, 0.1) is 11.6 Å². The van der Waals surface area contributed by atoms with Crippen molar-refractivity contribution in [3.05, 3.63) is 137 Å². The highest BCUT2D eigenvalue weighted by molar-refractivity contribution is 8.00. The van der Waals surface area contributed by atoms with Gasteiger partial charge < -0.3 is 10.6 Å². The van der Waals surface area contributed by atoms with Crippen LogP contribution in [0.3, 0.4) is 0 Å². The molecule has 0 spiro atoms. The zero-order valence-electron chi connectivity index (χ0n) is 20.0. The predicted octanol–water partition coefficient (Wildman–Crippen LogP) is 6.35. The first-order valence-electron chi connectivity index (χ1n) is 11.5. The summed E-state index contributed by atoms with van der Waals surface area (Å²) in [7, 11) is 0. The standard InChI is InChI=1S/C30H22F2N2O3S/c31-23-15-13-20(14-16-23)28(35)19-38-25-11-6-10-24(18-25)33-30(37)27(17-22-9-4-5-12-26(22)32)34-29(36)21-7-2-1-3-8-21/h1-18H,19H2,(H,33,37)(H,34,36)/b27-17-. The minimum atomic E-state index is -0.651. The predicted molar refractivity (Wildman–Crippen MR) is 145 cm³/mol. The molecule has 38 heavy (non-hydrogen) atoms. The highest BCUT2D eigenvalue weighted by atomic mass is 32.2. The third-order valence-electron chi connectivity index (χ3n) is 5.36. The molecule has 4 aromatic rings. The molecular weight excluding hydrogens is 506 g/mol. The third kappa shape index (κ3) is 7.24. The number of benzene rings is 4. The average Bonchev–Trinajstić information content (AvgIpc) is 2.93. The number of amides is 2. The number of anilines is 1.